The average Bonchev–Trinajstić information content (AvgIpc) is 2.65. The minimum absolute atomic E-state index is 0.0741. The lowest BCUT2D eigenvalue weighted by Gasteiger charge is -2.12. The highest BCUT2D eigenvalue weighted by Crippen LogP contribution is 2.18. The molecule has 2 rings (SSSR count). The summed E-state index contributed by atoms with van der Waals surface area (Å²) in [4.78, 5) is 15.6. The number of non-ortho nitro benzene ring substituents is 1. The molecule has 0 atom stereocenters. The van der Waals surface area contributed by atoms with Crippen molar-refractivity contribution in [2.45, 2.75) is 17.9 Å². The lowest BCUT2D eigenvalue weighted by Crippen LogP contribution is -2.37. The highest BCUT2D eigenvalue weighted by molar-refractivity contribution is 7.99. The molecule has 0 amide bonds. The van der Waals surface area contributed by atoms with Crippen molar-refractivity contribution >= 4 is 23.4 Å². The third-order valence-electron chi connectivity index (χ3n) is 3.50. The van der Waals surface area contributed by atoms with Crippen LogP contribution in [0.3, 0.4) is 0 Å². The number of halogens is 1. The Morgan fingerprint density at radius 1 is 1.23 bits per heavy atom. The largest absolute Gasteiger partial charge is 0.356 e. The zero-order chi connectivity index (χ0) is 18.8. The molecule has 0 saturated heterocycles. The van der Waals surface area contributed by atoms with Crippen molar-refractivity contribution in [1.82, 2.24) is 10.6 Å². The maximum Gasteiger partial charge on any atom is 0.269 e. The van der Waals surface area contributed by atoms with Crippen molar-refractivity contribution in [3.8, 4) is 0 Å². The van der Waals surface area contributed by atoms with Gasteiger partial charge in [0, 0.05) is 37.2 Å². The Labute approximate surface area is 156 Å². The summed E-state index contributed by atoms with van der Waals surface area (Å²) in [7, 11) is 1.68. The topological polar surface area (TPSA) is 79.6 Å². The quantitative estimate of drug-likeness (QED) is 0.184. The second kappa shape index (κ2) is 10.4. The molecular weight excluding hydrogens is 355 g/mol. The summed E-state index contributed by atoms with van der Waals surface area (Å²) in [5, 5.41) is 17.1. The Morgan fingerprint density at radius 3 is 2.69 bits per heavy atom. The second-order valence-electron chi connectivity index (χ2n) is 5.44. The van der Waals surface area contributed by atoms with Crippen LogP contribution in [0, 0.1) is 15.9 Å². The number of nitrogens with one attached hydrogen (secondary N) is 2. The van der Waals surface area contributed by atoms with Gasteiger partial charge in [-0.05, 0) is 42.0 Å². The predicted octanol–water partition coefficient (Wildman–Crippen LogP) is 3.58. The van der Waals surface area contributed by atoms with Crippen LogP contribution in [-0.4, -0.2) is 30.2 Å². The monoisotopic (exact) mass is 376 g/mol. The molecule has 138 valence electrons. The number of nitrogens with zero attached hydrogens (tertiary/aromatic N) is 2. The third kappa shape index (κ3) is 6.72. The van der Waals surface area contributed by atoms with E-state index >= 15 is 0 Å². The molecule has 0 radical (unpaired) electrons. The Balaban J connectivity index is 1.68. The van der Waals surface area contributed by atoms with Crippen LogP contribution in [0.2, 0.25) is 0 Å². The Morgan fingerprint density at radius 2 is 2.00 bits per heavy atom. The van der Waals surface area contributed by atoms with Crippen molar-refractivity contribution in [2.24, 2.45) is 4.99 Å². The van der Waals surface area contributed by atoms with Crippen LogP contribution in [0.25, 0.3) is 0 Å². The highest BCUT2D eigenvalue weighted by Gasteiger charge is 2.06. The van der Waals surface area contributed by atoms with Gasteiger partial charge in [-0.25, -0.2) is 4.39 Å². The predicted molar refractivity (Wildman–Crippen MR) is 103 cm³/mol. The molecule has 0 aromatic heterocycles. The van der Waals surface area contributed by atoms with Crippen LogP contribution in [0.4, 0.5) is 10.1 Å². The fraction of sp³-hybridized carbons (Fsp3) is 0.278. The average molecular weight is 376 g/mol. The van der Waals surface area contributed by atoms with Crippen molar-refractivity contribution in [3.05, 3.63) is 70.0 Å². The number of hydrogen-bond acceptors (Lipinski definition) is 4. The minimum atomic E-state index is -0.407. The summed E-state index contributed by atoms with van der Waals surface area (Å²) in [5.74, 6) is 1.32. The van der Waals surface area contributed by atoms with Gasteiger partial charge in [-0.15, -0.1) is 11.8 Å². The Hall–Kier alpha value is -2.61. The molecule has 0 aliphatic heterocycles. The van der Waals surface area contributed by atoms with Crippen molar-refractivity contribution in [2.75, 3.05) is 19.3 Å². The van der Waals surface area contributed by atoms with Gasteiger partial charge in [-0.3, -0.25) is 15.1 Å². The van der Waals surface area contributed by atoms with Gasteiger partial charge in [0.25, 0.3) is 5.69 Å². The maximum atomic E-state index is 12.8. The van der Waals surface area contributed by atoms with E-state index in [1.807, 2.05) is 6.07 Å². The Bertz CT molecular complexity index is 753. The van der Waals surface area contributed by atoms with Crippen LogP contribution in [-0.2, 0) is 6.54 Å². The van der Waals surface area contributed by atoms with E-state index in [2.05, 4.69) is 15.6 Å². The molecule has 0 aliphatic carbocycles. The minimum Gasteiger partial charge on any atom is -0.356 e. The number of benzene rings is 2. The molecule has 2 aromatic carbocycles. The first-order valence-corrected chi connectivity index (χ1v) is 9.13. The SMILES string of the molecule is CN=C(NCCCSc1ccc(F)cc1)NCc1cccc([N+](=O)[O-])c1. The van der Waals surface area contributed by atoms with Crippen molar-refractivity contribution in [3.63, 3.8) is 0 Å². The van der Waals surface area contributed by atoms with E-state index in [0.717, 1.165) is 29.2 Å². The van der Waals surface area contributed by atoms with Gasteiger partial charge in [0.05, 0.1) is 4.92 Å². The lowest BCUT2D eigenvalue weighted by molar-refractivity contribution is -0.384. The fourth-order valence-electron chi connectivity index (χ4n) is 2.19. The van der Waals surface area contributed by atoms with Crippen LogP contribution in [0.1, 0.15) is 12.0 Å². The van der Waals surface area contributed by atoms with Gasteiger partial charge in [-0.1, -0.05) is 12.1 Å². The van der Waals surface area contributed by atoms with Crippen LogP contribution in [0.15, 0.2) is 58.4 Å². The molecule has 0 unspecified atom stereocenters. The molecule has 0 saturated carbocycles. The summed E-state index contributed by atoms with van der Waals surface area (Å²) < 4.78 is 12.8. The van der Waals surface area contributed by atoms with E-state index < -0.39 is 4.92 Å². The standard InChI is InChI=1S/C18H21FN4O2S/c1-20-18(22-13-14-4-2-5-16(12-14)23(24)25)21-10-3-11-26-17-8-6-15(19)7-9-17/h2,4-9,12H,3,10-11,13H2,1H3,(H2,20,21,22). The van der Waals surface area contributed by atoms with E-state index in [-0.39, 0.29) is 11.5 Å². The summed E-state index contributed by atoms with van der Waals surface area (Å²) in [6.45, 7) is 1.19. The fourth-order valence-corrected chi connectivity index (χ4v) is 3.04. The molecule has 0 fully saturated rings. The molecule has 2 aromatic rings. The summed E-state index contributed by atoms with van der Waals surface area (Å²) in [5.41, 5.74) is 0.888. The summed E-state index contributed by atoms with van der Waals surface area (Å²) >= 11 is 1.67. The number of guanidine groups is 1. The Kier molecular flexibility index (Phi) is 7.88. The maximum absolute atomic E-state index is 12.8. The van der Waals surface area contributed by atoms with Gasteiger partial charge in [-0.2, -0.15) is 0 Å². The first-order valence-electron chi connectivity index (χ1n) is 8.14. The smallest absolute Gasteiger partial charge is 0.269 e. The van der Waals surface area contributed by atoms with Crippen molar-refractivity contribution in [1.29, 1.82) is 0 Å². The van der Waals surface area contributed by atoms with Gasteiger partial charge in [0.2, 0.25) is 0 Å². The first-order chi connectivity index (χ1) is 12.6. The normalized spacial score (nSPS) is 11.2. The third-order valence-corrected chi connectivity index (χ3v) is 4.60. The zero-order valence-electron chi connectivity index (χ0n) is 14.4. The second-order valence-corrected chi connectivity index (χ2v) is 6.60. The van der Waals surface area contributed by atoms with Gasteiger partial charge in [0.15, 0.2) is 5.96 Å². The molecule has 2 N–H and O–H groups in total. The molecule has 0 aliphatic rings. The highest BCUT2D eigenvalue weighted by atomic mass is 32.2. The molecule has 6 nitrogen and oxygen atoms in total. The molecular formula is C18H21FN4O2S. The van der Waals surface area contributed by atoms with E-state index in [4.69, 9.17) is 0 Å². The van der Waals surface area contributed by atoms with Crippen LogP contribution >= 0.6 is 11.8 Å². The molecule has 8 heteroatoms. The number of hydrogen-bond donors (Lipinski definition) is 2. The van der Waals surface area contributed by atoms with Crippen LogP contribution < -0.4 is 10.6 Å². The van der Waals surface area contributed by atoms with Crippen molar-refractivity contribution < 1.29 is 9.31 Å². The number of rotatable bonds is 8. The number of thioether (sulfide) groups is 1. The summed E-state index contributed by atoms with van der Waals surface area (Å²) in [6, 6.07) is 13.0. The molecule has 0 heterocycles. The van der Waals surface area contributed by atoms with Gasteiger partial charge >= 0.3 is 0 Å². The summed E-state index contributed by atoms with van der Waals surface area (Å²) in [6.07, 6.45) is 0.916. The van der Waals surface area contributed by atoms with Crippen LogP contribution in [0.5, 0.6) is 0 Å². The van der Waals surface area contributed by atoms with Gasteiger partial charge < -0.3 is 10.6 Å². The van der Waals surface area contributed by atoms with E-state index in [9.17, 15) is 14.5 Å². The number of aliphatic imine (C=N–C) groups is 1. The molecule has 0 spiro atoms. The first kappa shape index (κ1) is 19.7. The van der Waals surface area contributed by atoms with E-state index in [1.54, 1.807) is 43.1 Å². The lowest BCUT2D eigenvalue weighted by atomic mass is 10.2. The van der Waals surface area contributed by atoms with E-state index in [0.29, 0.717) is 12.5 Å². The number of nitro benzene ring substituents is 1. The molecule has 26 heavy (non-hydrogen) atoms. The number of nitro groups is 1. The van der Waals surface area contributed by atoms with E-state index in [1.165, 1.54) is 18.2 Å². The zero-order valence-corrected chi connectivity index (χ0v) is 15.3. The van der Waals surface area contributed by atoms with Gasteiger partial charge in [0.1, 0.15) is 5.82 Å². The molecule has 0 bridgehead atoms.